The Morgan fingerprint density at radius 3 is 2.86 bits per heavy atom. The highest BCUT2D eigenvalue weighted by Crippen LogP contribution is 2.34. The Morgan fingerprint density at radius 1 is 1.25 bits per heavy atom. The summed E-state index contributed by atoms with van der Waals surface area (Å²) in [5.41, 5.74) is 2.90. The summed E-state index contributed by atoms with van der Waals surface area (Å²) in [6.07, 6.45) is 1.85. The van der Waals surface area contributed by atoms with Crippen molar-refractivity contribution in [2.75, 3.05) is 0 Å². The van der Waals surface area contributed by atoms with Crippen molar-refractivity contribution in [2.24, 2.45) is 0 Å². The molecular formula is C21H15N3O2S2. The third kappa shape index (κ3) is 3.40. The summed E-state index contributed by atoms with van der Waals surface area (Å²) >= 11 is 2.82. The number of aromatic nitrogens is 2. The number of aryl methyl sites for hydroxylation is 1. The fourth-order valence-corrected chi connectivity index (χ4v) is 4.98. The number of carbonyl (C=O) groups excluding carboxylic acids is 1. The molecule has 0 unspecified atom stereocenters. The topological polar surface area (TPSA) is 75.8 Å². The lowest BCUT2D eigenvalue weighted by atomic mass is 10.1. The van der Waals surface area contributed by atoms with Crippen LogP contribution in [0.2, 0.25) is 0 Å². The number of thiophene rings is 1. The van der Waals surface area contributed by atoms with Gasteiger partial charge in [0.1, 0.15) is 11.1 Å². The molecule has 28 heavy (non-hydrogen) atoms. The third-order valence-electron chi connectivity index (χ3n) is 4.47. The maximum absolute atomic E-state index is 12.8. The summed E-state index contributed by atoms with van der Waals surface area (Å²) in [4.78, 5) is 30.3. The number of thiazole rings is 1. The van der Waals surface area contributed by atoms with E-state index >= 15 is 0 Å². The monoisotopic (exact) mass is 405 g/mol. The van der Waals surface area contributed by atoms with Gasteiger partial charge in [-0.3, -0.25) is 9.59 Å². The van der Waals surface area contributed by atoms with Gasteiger partial charge in [0.2, 0.25) is 0 Å². The number of ketones is 1. The Kier molecular flexibility index (Phi) is 4.90. The molecule has 0 saturated heterocycles. The minimum absolute atomic E-state index is 0.00364. The highest BCUT2D eigenvalue weighted by Gasteiger charge is 2.19. The van der Waals surface area contributed by atoms with Crippen molar-refractivity contribution in [3.05, 3.63) is 73.6 Å². The Morgan fingerprint density at radius 2 is 2.11 bits per heavy atom. The number of benzene rings is 1. The van der Waals surface area contributed by atoms with Crippen LogP contribution in [0.25, 0.3) is 21.5 Å². The van der Waals surface area contributed by atoms with E-state index in [1.807, 2.05) is 30.5 Å². The maximum Gasteiger partial charge on any atom is 0.251 e. The zero-order valence-corrected chi connectivity index (χ0v) is 16.6. The van der Waals surface area contributed by atoms with E-state index in [2.05, 4.69) is 11.1 Å². The second-order valence-electron chi connectivity index (χ2n) is 6.43. The molecule has 5 nitrogen and oxygen atoms in total. The molecule has 1 aromatic carbocycles. The molecule has 0 bridgehead atoms. The Hall–Kier alpha value is -3.08. The van der Waals surface area contributed by atoms with Crippen LogP contribution in [0.5, 0.6) is 0 Å². The fraction of sp³-hybridized carbons (Fsp3) is 0.143. The zero-order chi connectivity index (χ0) is 19.7. The average Bonchev–Trinajstić information content (AvgIpc) is 3.33. The van der Waals surface area contributed by atoms with Gasteiger partial charge >= 0.3 is 0 Å². The molecule has 138 valence electrons. The SMILES string of the molecule is Cc1ccc2c(ccc(=O)n2CC(=O)Cc2scc(C#N)c2-c2nccs2)c1. The fourth-order valence-electron chi connectivity index (χ4n) is 3.19. The first-order valence-corrected chi connectivity index (χ1v) is 10.3. The predicted molar refractivity (Wildman–Crippen MR) is 112 cm³/mol. The van der Waals surface area contributed by atoms with E-state index in [0.717, 1.165) is 31.9 Å². The summed E-state index contributed by atoms with van der Waals surface area (Å²) < 4.78 is 1.51. The summed E-state index contributed by atoms with van der Waals surface area (Å²) in [5.74, 6) is -0.0840. The Balaban J connectivity index is 1.66. The van der Waals surface area contributed by atoms with Crippen molar-refractivity contribution in [3.8, 4) is 16.6 Å². The number of fused-ring (bicyclic) bond motifs is 1. The lowest BCUT2D eigenvalue weighted by Gasteiger charge is -2.10. The van der Waals surface area contributed by atoms with Crippen LogP contribution in [0.15, 0.2) is 52.1 Å². The van der Waals surface area contributed by atoms with Crippen LogP contribution >= 0.6 is 22.7 Å². The first-order chi connectivity index (χ1) is 13.6. The minimum atomic E-state index is -0.200. The van der Waals surface area contributed by atoms with E-state index in [-0.39, 0.29) is 24.3 Å². The first kappa shape index (κ1) is 18.3. The van der Waals surface area contributed by atoms with E-state index in [0.29, 0.717) is 5.56 Å². The highest BCUT2D eigenvalue weighted by molar-refractivity contribution is 7.14. The summed E-state index contributed by atoms with van der Waals surface area (Å²) in [5, 5.41) is 14.6. The average molecular weight is 406 g/mol. The van der Waals surface area contributed by atoms with Crippen molar-refractivity contribution >= 4 is 39.4 Å². The lowest BCUT2D eigenvalue weighted by Crippen LogP contribution is -2.24. The largest absolute Gasteiger partial charge is 0.301 e. The molecule has 4 aromatic rings. The highest BCUT2D eigenvalue weighted by atomic mass is 32.1. The number of rotatable bonds is 5. The molecule has 0 atom stereocenters. The second kappa shape index (κ2) is 7.50. The van der Waals surface area contributed by atoms with Crippen LogP contribution in [0.1, 0.15) is 16.0 Å². The molecule has 0 aliphatic heterocycles. The quantitative estimate of drug-likeness (QED) is 0.499. The summed E-state index contributed by atoms with van der Waals surface area (Å²) in [7, 11) is 0. The molecule has 0 radical (unpaired) electrons. The van der Waals surface area contributed by atoms with E-state index in [4.69, 9.17) is 0 Å². The summed E-state index contributed by atoms with van der Waals surface area (Å²) in [6.45, 7) is 1.99. The maximum atomic E-state index is 12.8. The number of hydrogen-bond acceptors (Lipinski definition) is 6. The molecule has 0 N–H and O–H groups in total. The van der Waals surface area contributed by atoms with Crippen LogP contribution in [-0.2, 0) is 17.8 Å². The number of nitrogens with zero attached hydrogens (tertiary/aromatic N) is 3. The van der Waals surface area contributed by atoms with Crippen molar-refractivity contribution in [3.63, 3.8) is 0 Å². The van der Waals surface area contributed by atoms with Crippen molar-refractivity contribution in [1.82, 2.24) is 9.55 Å². The van der Waals surface area contributed by atoms with Gasteiger partial charge in [0.25, 0.3) is 5.56 Å². The lowest BCUT2D eigenvalue weighted by molar-refractivity contribution is -0.118. The number of pyridine rings is 1. The molecule has 7 heteroatoms. The normalized spacial score (nSPS) is 10.9. The minimum Gasteiger partial charge on any atom is -0.301 e. The predicted octanol–water partition coefficient (Wildman–Crippen LogP) is 4.18. The molecule has 0 amide bonds. The molecule has 0 saturated carbocycles. The van der Waals surface area contributed by atoms with Gasteiger partial charge in [-0.1, -0.05) is 11.6 Å². The van der Waals surface area contributed by atoms with E-state index in [1.54, 1.807) is 17.6 Å². The molecule has 0 fully saturated rings. The zero-order valence-electron chi connectivity index (χ0n) is 15.0. The van der Waals surface area contributed by atoms with Gasteiger partial charge in [0.15, 0.2) is 5.78 Å². The number of hydrogen-bond donors (Lipinski definition) is 0. The Bertz CT molecular complexity index is 1280. The first-order valence-electron chi connectivity index (χ1n) is 8.59. The van der Waals surface area contributed by atoms with Gasteiger partial charge in [-0.05, 0) is 30.5 Å². The number of nitriles is 1. The van der Waals surface area contributed by atoms with Crippen molar-refractivity contribution in [2.45, 2.75) is 19.9 Å². The molecule has 4 rings (SSSR count). The van der Waals surface area contributed by atoms with Crippen LogP contribution in [-0.4, -0.2) is 15.3 Å². The Labute approximate surface area is 169 Å². The smallest absolute Gasteiger partial charge is 0.251 e. The third-order valence-corrected chi connectivity index (χ3v) is 6.25. The van der Waals surface area contributed by atoms with Gasteiger partial charge in [-0.15, -0.1) is 22.7 Å². The van der Waals surface area contributed by atoms with E-state index in [9.17, 15) is 14.9 Å². The molecule has 0 aliphatic carbocycles. The van der Waals surface area contributed by atoms with E-state index in [1.165, 1.54) is 33.3 Å². The van der Waals surface area contributed by atoms with Gasteiger partial charge in [-0.2, -0.15) is 5.26 Å². The van der Waals surface area contributed by atoms with Gasteiger partial charge in [0, 0.05) is 39.9 Å². The second-order valence-corrected chi connectivity index (χ2v) is 8.29. The van der Waals surface area contributed by atoms with Gasteiger partial charge < -0.3 is 4.57 Å². The standard InChI is InChI=1S/C21H15N3O2S2/c1-13-2-4-17-14(8-13)3-5-19(26)24(17)11-16(25)9-18-20(15(10-22)12-28-18)21-23-6-7-27-21/h2-8,12H,9,11H2,1H3. The van der Waals surface area contributed by atoms with Crippen LogP contribution in [0, 0.1) is 18.3 Å². The van der Waals surface area contributed by atoms with Crippen LogP contribution < -0.4 is 5.56 Å². The van der Waals surface area contributed by atoms with Crippen molar-refractivity contribution < 1.29 is 4.79 Å². The summed E-state index contributed by atoms with van der Waals surface area (Å²) in [6, 6.07) is 11.3. The number of carbonyl (C=O) groups is 1. The molecule has 0 spiro atoms. The van der Waals surface area contributed by atoms with Crippen molar-refractivity contribution in [1.29, 1.82) is 5.26 Å². The molecule has 0 aliphatic rings. The van der Waals surface area contributed by atoms with E-state index < -0.39 is 0 Å². The van der Waals surface area contributed by atoms with Gasteiger partial charge in [0.05, 0.1) is 17.6 Å². The van der Waals surface area contributed by atoms with Gasteiger partial charge in [-0.25, -0.2) is 4.98 Å². The molecule has 3 aromatic heterocycles. The van der Waals surface area contributed by atoms with Crippen LogP contribution in [0.4, 0.5) is 0 Å². The molecular weight excluding hydrogens is 390 g/mol. The van der Waals surface area contributed by atoms with Crippen LogP contribution in [0.3, 0.4) is 0 Å². The molecule has 3 heterocycles. The number of Topliss-reactive ketones (excluding diaryl/α,β-unsaturated/α-hetero) is 1.